The van der Waals surface area contributed by atoms with Crippen LogP contribution in [0.25, 0.3) is 11.3 Å². The van der Waals surface area contributed by atoms with Gasteiger partial charge in [0.2, 0.25) is 0 Å². The van der Waals surface area contributed by atoms with Crippen molar-refractivity contribution in [2.45, 2.75) is 6.92 Å². The van der Waals surface area contributed by atoms with Crippen molar-refractivity contribution in [3.05, 3.63) is 58.4 Å². The lowest BCUT2D eigenvalue weighted by molar-refractivity contribution is 0.0950. The van der Waals surface area contributed by atoms with Crippen LogP contribution in [0.5, 0.6) is 5.75 Å². The fourth-order valence-electron chi connectivity index (χ4n) is 2.08. The Morgan fingerprint density at radius 1 is 1.38 bits per heavy atom. The van der Waals surface area contributed by atoms with E-state index in [0.717, 1.165) is 16.2 Å². The summed E-state index contributed by atoms with van der Waals surface area (Å²) in [6.45, 7) is 2.53. The van der Waals surface area contributed by atoms with Crippen LogP contribution >= 0.6 is 11.3 Å². The van der Waals surface area contributed by atoms with Crippen molar-refractivity contribution in [3.8, 4) is 17.0 Å². The highest BCUT2D eigenvalue weighted by atomic mass is 32.1. The minimum atomic E-state index is -0.345. The molecule has 2 N–H and O–H groups in total. The lowest BCUT2D eigenvalue weighted by Crippen LogP contribution is -2.17. The fraction of sp³-hybridized carbons (Fsp3) is 0.118. The van der Waals surface area contributed by atoms with Gasteiger partial charge in [-0.15, -0.1) is 11.3 Å². The molecule has 6 nitrogen and oxygen atoms in total. The molecule has 0 aliphatic rings. The van der Waals surface area contributed by atoms with Crippen LogP contribution in [-0.4, -0.2) is 28.9 Å². The first-order valence-corrected chi connectivity index (χ1v) is 8.30. The van der Waals surface area contributed by atoms with E-state index in [0.29, 0.717) is 18.0 Å². The highest BCUT2D eigenvalue weighted by molar-refractivity contribution is 7.11. The second-order valence-electron chi connectivity index (χ2n) is 4.84. The number of thiophene rings is 1. The topological polar surface area (TPSA) is 79.4 Å². The van der Waals surface area contributed by atoms with E-state index >= 15 is 0 Å². The number of aromatic amines is 1. The maximum absolute atomic E-state index is 12.1. The summed E-state index contributed by atoms with van der Waals surface area (Å²) in [7, 11) is 0. The van der Waals surface area contributed by atoms with E-state index in [1.165, 1.54) is 0 Å². The molecule has 2 aromatic heterocycles. The van der Waals surface area contributed by atoms with Gasteiger partial charge in [0.15, 0.2) is 0 Å². The SMILES string of the molecule is CCOc1cccc(-c2cc(C(=O)N/N=C\c3cccs3)[nH]n2)c1. The van der Waals surface area contributed by atoms with E-state index in [2.05, 4.69) is 20.7 Å². The van der Waals surface area contributed by atoms with Crippen molar-refractivity contribution in [3.63, 3.8) is 0 Å². The Hall–Kier alpha value is -2.93. The largest absolute Gasteiger partial charge is 0.494 e. The Balaban J connectivity index is 1.68. The highest BCUT2D eigenvalue weighted by Crippen LogP contribution is 2.22. The van der Waals surface area contributed by atoms with E-state index in [1.54, 1.807) is 23.6 Å². The quantitative estimate of drug-likeness (QED) is 0.534. The van der Waals surface area contributed by atoms with Gasteiger partial charge in [0.1, 0.15) is 11.4 Å². The first-order valence-electron chi connectivity index (χ1n) is 7.42. The maximum Gasteiger partial charge on any atom is 0.289 e. The number of nitrogens with zero attached hydrogens (tertiary/aromatic N) is 2. The third-order valence-electron chi connectivity index (χ3n) is 3.16. The van der Waals surface area contributed by atoms with E-state index in [1.807, 2.05) is 48.7 Å². The van der Waals surface area contributed by atoms with Gasteiger partial charge in [-0.3, -0.25) is 9.89 Å². The van der Waals surface area contributed by atoms with Gasteiger partial charge in [-0.2, -0.15) is 10.2 Å². The average Bonchev–Trinajstić information content (AvgIpc) is 3.27. The summed E-state index contributed by atoms with van der Waals surface area (Å²) in [6.07, 6.45) is 1.60. The monoisotopic (exact) mass is 340 g/mol. The highest BCUT2D eigenvalue weighted by Gasteiger charge is 2.11. The van der Waals surface area contributed by atoms with E-state index in [9.17, 15) is 4.79 Å². The number of ether oxygens (including phenoxy) is 1. The van der Waals surface area contributed by atoms with Crippen LogP contribution in [0.4, 0.5) is 0 Å². The molecule has 122 valence electrons. The van der Waals surface area contributed by atoms with Crippen molar-refractivity contribution in [1.82, 2.24) is 15.6 Å². The van der Waals surface area contributed by atoms with Gasteiger partial charge in [0, 0.05) is 10.4 Å². The van der Waals surface area contributed by atoms with Crippen molar-refractivity contribution in [1.29, 1.82) is 0 Å². The number of amides is 1. The molecule has 0 radical (unpaired) electrons. The molecule has 0 aliphatic heterocycles. The predicted molar refractivity (Wildman–Crippen MR) is 94.6 cm³/mol. The number of benzene rings is 1. The molecule has 0 saturated heterocycles. The van der Waals surface area contributed by atoms with E-state index < -0.39 is 0 Å². The second kappa shape index (κ2) is 7.56. The van der Waals surface area contributed by atoms with Gasteiger partial charge in [0.05, 0.1) is 18.5 Å². The molecule has 0 aliphatic carbocycles. The average molecular weight is 340 g/mol. The van der Waals surface area contributed by atoms with Crippen LogP contribution in [0.2, 0.25) is 0 Å². The summed E-state index contributed by atoms with van der Waals surface area (Å²) >= 11 is 1.54. The molecule has 0 atom stereocenters. The van der Waals surface area contributed by atoms with Gasteiger partial charge in [-0.25, -0.2) is 5.43 Å². The molecule has 0 unspecified atom stereocenters. The lowest BCUT2D eigenvalue weighted by atomic mass is 10.1. The summed E-state index contributed by atoms with van der Waals surface area (Å²) in [5.41, 5.74) is 4.36. The van der Waals surface area contributed by atoms with Gasteiger partial charge >= 0.3 is 0 Å². The van der Waals surface area contributed by atoms with Crippen LogP contribution in [0.15, 0.2) is 52.9 Å². The minimum Gasteiger partial charge on any atom is -0.494 e. The minimum absolute atomic E-state index is 0.343. The normalized spacial score (nSPS) is 10.9. The summed E-state index contributed by atoms with van der Waals surface area (Å²) in [6, 6.07) is 13.1. The summed E-state index contributed by atoms with van der Waals surface area (Å²) < 4.78 is 5.48. The second-order valence-corrected chi connectivity index (χ2v) is 5.82. The van der Waals surface area contributed by atoms with Gasteiger partial charge in [-0.1, -0.05) is 18.2 Å². The molecule has 2 heterocycles. The smallest absolute Gasteiger partial charge is 0.289 e. The lowest BCUT2D eigenvalue weighted by Gasteiger charge is -2.03. The van der Waals surface area contributed by atoms with Crippen LogP contribution in [-0.2, 0) is 0 Å². The predicted octanol–water partition coefficient (Wildman–Crippen LogP) is 3.30. The van der Waals surface area contributed by atoms with Crippen molar-refractivity contribution < 1.29 is 9.53 Å². The molecule has 1 amide bonds. The molecule has 0 spiro atoms. The number of aromatic nitrogens is 2. The van der Waals surface area contributed by atoms with Crippen LogP contribution in [0.1, 0.15) is 22.3 Å². The Labute approximate surface area is 143 Å². The summed E-state index contributed by atoms with van der Waals surface area (Å²) in [5, 5.41) is 12.8. The Kier molecular flexibility index (Phi) is 5.02. The molecule has 1 aromatic carbocycles. The molecule has 0 saturated carbocycles. The van der Waals surface area contributed by atoms with Crippen LogP contribution in [0.3, 0.4) is 0 Å². The number of hydrogen-bond acceptors (Lipinski definition) is 5. The van der Waals surface area contributed by atoms with Crippen molar-refractivity contribution in [2.75, 3.05) is 6.61 Å². The number of carbonyl (C=O) groups excluding carboxylic acids is 1. The molecule has 3 rings (SSSR count). The molecular weight excluding hydrogens is 324 g/mol. The van der Waals surface area contributed by atoms with Crippen LogP contribution in [0, 0.1) is 0 Å². The zero-order chi connectivity index (χ0) is 16.8. The van der Waals surface area contributed by atoms with Gasteiger partial charge in [-0.05, 0) is 36.6 Å². The summed E-state index contributed by atoms with van der Waals surface area (Å²) in [4.78, 5) is 13.0. The van der Waals surface area contributed by atoms with E-state index in [4.69, 9.17) is 4.74 Å². The first-order chi connectivity index (χ1) is 11.8. The standard InChI is InChI=1S/C17H16N4O2S/c1-2-23-13-6-3-5-12(9-13)15-10-16(20-19-15)17(22)21-18-11-14-7-4-8-24-14/h3-11H,2H2,1H3,(H,19,20)(H,21,22)/b18-11-. The molecular formula is C17H16N4O2S. The molecule has 7 heteroatoms. The van der Waals surface area contributed by atoms with Gasteiger partial charge < -0.3 is 4.74 Å². The molecule has 0 bridgehead atoms. The van der Waals surface area contributed by atoms with Crippen LogP contribution < -0.4 is 10.2 Å². The Morgan fingerprint density at radius 3 is 3.08 bits per heavy atom. The Morgan fingerprint density at radius 2 is 2.29 bits per heavy atom. The van der Waals surface area contributed by atoms with Crippen molar-refractivity contribution in [2.24, 2.45) is 5.10 Å². The first kappa shape index (κ1) is 15.9. The number of nitrogens with one attached hydrogen (secondary N) is 2. The van der Waals surface area contributed by atoms with Gasteiger partial charge in [0.25, 0.3) is 5.91 Å². The van der Waals surface area contributed by atoms with Crippen molar-refractivity contribution >= 4 is 23.5 Å². The number of hydrogen-bond donors (Lipinski definition) is 2. The Bertz CT molecular complexity index is 840. The molecule has 24 heavy (non-hydrogen) atoms. The number of hydrazone groups is 1. The molecule has 0 fully saturated rings. The maximum atomic E-state index is 12.1. The third kappa shape index (κ3) is 3.88. The zero-order valence-electron chi connectivity index (χ0n) is 13.0. The summed E-state index contributed by atoms with van der Waals surface area (Å²) in [5.74, 6) is 0.423. The van der Waals surface area contributed by atoms with E-state index in [-0.39, 0.29) is 5.91 Å². The molecule has 3 aromatic rings. The fourth-order valence-corrected chi connectivity index (χ4v) is 2.66. The number of H-pyrrole nitrogens is 1. The third-order valence-corrected chi connectivity index (χ3v) is 3.97. The number of carbonyl (C=O) groups is 1. The zero-order valence-corrected chi connectivity index (χ0v) is 13.8. The number of rotatable bonds is 6.